The van der Waals surface area contributed by atoms with Crippen LogP contribution >= 0.6 is 0 Å². The van der Waals surface area contributed by atoms with Crippen LogP contribution in [0.25, 0.3) is 11.1 Å². The molecule has 3 fully saturated rings. The lowest BCUT2D eigenvalue weighted by molar-refractivity contribution is -0.143. The number of H-pyrrole nitrogens is 1. The fourth-order valence-corrected chi connectivity index (χ4v) is 7.98. The summed E-state index contributed by atoms with van der Waals surface area (Å²) in [6.45, 7) is 4.07. The Bertz CT molecular complexity index is 1620. The Kier molecular flexibility index (Phi) is 8.12. The van der Waals surface area contributed by atoms with Gasteiger partial charge in [-0.2, -0.15) is 0 Å². The first kappa shape index (κ1) is 29.6. The number of benzene rings is 2. The molecule has 4 amide bonds. The molecule has 3 N–H and O–H groups in total. The number of anilines is 1. The van der Waals surface area contributed by atoms with Crippen molar-refractivity contribution in [2.24, 2.45) is 5.92 Å². The van der Waals surface area contributed by atoms with Crippen molar-refractivity contribution < 1.29 is 18.8 Å². The second-order valence-electron chi connectivity index (χ2n) is 13.2. The first-order chi connectivity index (χ1) is 21.9. The number of hydrogen-bond acceptors (Lipinski definition) is 6. The van der Waals surface area contributed by atoms with Crippen LogP contribution in [0, 0.1) is 5.92 Å². The summed E-state index contributed by atoms with van der Waals surface area (Å²) >= 11 is 0. The molecule has 2 aromatic carbocycles. The molecule has 1 unspecified atom stereocenters. The van der Waals surface area contributed by atoms with Gasteiger partial charge in [-0.15, -0.1) is 0 Å². The van der Waals surface area contributed by atoms with Crippen LogP contribution in [0.2, 0.25) is 0 Å². The Morgan fingerprint density at radius 1 is 0.911 bits per heavy atom. The van der Waals surface area contributed by atoms with Crippen molar-refractivity contribution in [2.75, 3.05) is 44.6 Å². The van der Waals surface area contributed by atoms with Crippen LogP contribution < -0.4 is 16.4 Å². The number of hydrogen-bond donors (Lipinski definition) is 3. The number of fused-ring (bicyclic) bond motifs is 3. The zero-order valence-corrected chi connectivity index (χ0v) is 25.7. The van der Waals surface area contributed by atoms with Crippen molar-refractivity contribution >= 4 is 34.6 Å². The van der Waals surface area contributed by atoms with Gasteiger partial charge in [0.2, 0.25) is 11.8 Å². The summed E-state index contributed by atoms with van der Waals surface area (Å²) in [6, 6.07) is 13.7. The van der Waals surface area contributed by atoms with Crippen LogP contribution in [-0.2, 0) is 21.5 Å². The van der Waals surface area contributed by atoms with Crippen molar-refractivity contribution in [1.29, 1.82) is 0 Å². The molecule has 238 valence electrons. The summed E-state index contributed by atoms with van der Waals surface area (Å²) in [5, 5.41) is 6.03. The molecule has 7 rings (SSSR count). The number of para-hydroxylation sites is 1. The molecule has 4 heterocycles. The van der Waals surface area contributed by atoms with E-state index in [0.29, 0.717) is 62.6 Å². The van der Waals surface area contributed by atoms with Crippen LogP contribution in [0.3, 0.4) is 0 Å². The highest BCUT2D eigenvalue weighted by Gasteiger charge is 2.43. The maximum atomic E-state index is 14.1. The quantitative estimate of drug-likeness (QED) is 0.387. The monoisotopic (exact) mass is 614 g/mol. The van der Waals surface area contributed by atoms with Crippen LogP contribution in [0.4, 0.5) is 10.5 Å². The van der Waals surface area contributed by atoms with Gasteiger partial charge in [0.1, 0.15) is 0 Å². The Morgan fingerprint density at radius 3 is 2.44 bits per heavy atom. The number of piperazine rings is 1. The van der Waals surface area contributed by atoms with E-state index in [1.165, 1.54) is 32.1 Å². The van der Waals surface area contributed by atoms with Crippen LogP contribution in [0.1, 0.15) is 62.5 Å². The van der Waals surface area contributed by atoms with Gasteiger partial charge < -0.3 is 24.9 Å². The molecule has 3 aliphatic heterocycles. The number of rotatable bonds is 6. The lowest BCUT2D eigenvalue weighted by Crippen LogP contribution is -2.57. The van der Waals surface area contributed by atoms with E-state index in [4.69, 9.17) is 4.42 Å². The smallest absolute Gasteiger partial charge is 0.408 e. The third-order valence-corrected chi connectivity index (χ3v) is 10.5. The third kappa shape index (κ3) is 6.10. The normalized spacial score (nSPS) is 21.3. The minimum Gasteiger partial charge on any atom is -0.408 e. The van der Waals surface area contributed by atoms with E-state index in [9.17, 15) is 19.2 Å². The molecule has 2 saturated heterocycles. The number of nitrogens with one attached hydrogen (secondary N) is 3. The minimum atomic E-state index is -0.531. The number of piperidine rings is 1. The average molecular weight is 615 g/mol. The molecule has 45 heavy (non-hydrogen) atoms. The highest BCUT2D eigenvalue weighted by atomic mass is 16.4. The summed E-state index contributed by atoms with van der Waals surface area (Å²) in [4.78, 5) is 61.1. The summed E-state index contributed by atoms with van der Waals surface area (Å²) in [5.74, 6) is -1.09. The van der Waals surface area contributed by atoms with Crippen molar-refractivity contribution in [3.63, 3.8) is 0 Å². The van der Waals surface area contributed by atoms with Gasteiger partial charge >= 0.3 is 11.8 Å². The highest BCUT2D eigenvalue weighted by Crippen LogP contribution is 2.40. The van der Waals surface area contributed by atoms with Gasteiger partial charge in [0, 0.05) is 63.0 Å². The molecule has 11 heteroatoms. The van der Waals surface area contributed by atoms with Gasteiger partial charge in [-0.1, -0.05) is 43.5 Å². The van der Waals surface area contributed by atoms with Crippen LogP contribution in [0.15, 0.2) is 51.7 Å². The fraction of sp³-hybridized carbons (Fsp3) is 0.529. The third-order valence-electron chi connectivity index (χ3n) is 10.5. The zero-order chi connectivity index (χ0) is 31.0. The maximum absolute atomic E-state index is 14.1. The lowest BCUT2D eigenvalue weighted by atomic mass is 9.78. The number of aromatic amines is 1. The van der Waals surface area contributed by atoms with E-state index in [0.717, 1.165) is 29.9 Å². The van der Waals surface area contributed by atoms with Crippen LogP contribution in [-0.4, -0.2) is 82.8 Å². The predicted octanol–water partition coefficient (Wildman–Crippen LogP) is 3.80. The number of carbonyl (C=O) groups is 3. The molecular formula is C34H42N6O5. The van der Waals surface area contributed by atoms with Crippen molar-refractivity contribution in [3.05, 3.63) is 64.1 Å². The summed E-state index contributed by atoms with van der Waals surface area (Å²) in [5.41, 5.74) is 3.24. The number of carbonyl (C=O) groups excluding carboxylic acids is 3. The lowest BCUT2D eigenvalue weighted by Gasteiger charge is -2.45. The fourth-order valence-electron chi connectivity index (χ4n) is 7.98. The number of amides is 4. The highest BCUT2D eigenvalue weighted by molar-refractivity contribution is 5.94. The molecule has 11 nitrogen and oxygen atoms in total. The van der Waals surface area contributed by atoms with Crippen molar-refractivity contribution in [3.8, 4) is 0 Å². The van der Waals surface area contributed by atoms with Gasteiger partial charge in [-0.05, 0) is 55.9 Å². The Labute approximate surface area is 262 Å². The second kappa shape index (κ2) is 12.3. The van der Waals surface area contributed by atoms with Crippen molar-refractivity contribution in [1.82, 2.24) is 25.0 Å². The molecule has 0 bridgehead atoms. The summed E-state index contributed by atoms with van der Waals surface area (Å²) in [6.07, 6.45) is 8.07. The minimum absolute atomic E-state index is 0.00953. The van der Waals surface area contributed by atoms with E-state index < -0.39 is 17.2 Å². The Morgan fingerprint density at radius 2 is 1.67 bits per heavy atom. The molecule has 1 saturated carbocycles. The topological polar surface area (TPSA) is 131 Å². The molecule has 4 aliphatic rings. The van der Waals surface area contributed by atoms with Gasteiger partial charge in [-0.25, -0.2) is 9.59 Å². The molecule has 1 spiro atoms. The van der Waals surface area contributed by atoms with Crippen LogP contribution in [0.5, 0.6) is 0 Å². The zero-order valence-electron chi connectivity index (χ0n) is 25.7. The Balaban J connectivity index is 1.05. The second-order valence-corrected chi connectivity index (χ2v) is 13.2. The molecule has 0 radical (unpaired) electrons. The van der Waals surface area contributed by atoms with E-state index in [1.807, 2.05) is 40.1 Å². The van der Waals surface area contributed by atoms with Gasteiger partial charge in [0.25, 0.3) is 0 Å². The van der Waals surface area contributed by atoms with Gasteiger partial charge in [-0.3, -0.25) is 19.5 Å². The first-order valence-corrected chi connectivity index (χ1v) is 16.5. The molecular weight excluding hydrogens is 572 g/mol. The predicted molar refractivity (Wildman–Crippen MR) is 170 cm³/mol. The molecule has 1 atom stereocenters. The summed E-state index contributed by atoms with van der Waals surface area (Å²) < 4.78 is 5.28. The van der Waals surface area contributed by atoms with E-state index in [-0.39, 0.29) is 24.3 Å². The van der Waals surface area contributed by atoms with Crippen molar-refractivity contribution in [2.45, 2.75) is 69.4 Å². The number of oxazole rings is 1. The van der Waals surface area contributed by atoms with Gasteiger partial charge in [0.05, 0.1) is 17.0 Å². The standard InChI is InChI=1S/C34H42N6O5/c41-30(39-14-12-34(13-15-39)26-8-4-5-9-27(26)35-32(43)37-34)22-24(20-23-10-11-28-29(21-23)45-33(44)36-28)31(42)40-18-16-38(17-19-40)25-6-2-1-3-7-25/h4-5,8-11,21,24-25H,1-3,6-7,12-20,22H2,(H,36,44)(H2,35,37,43). The number of nitrogens with zero attached hydrogens (tertiary/aromatic N) is 3. The average Bonchev–Trinajstić information content (AvgIpc) is 3.44. The SMILES string of the molecule is O=C1Nc2ccccc2C2(CCN(C(=O)CC(Cc3ccc4[nH]c(=O)oc4c3)C(=O)N3CCN(C4CCCCC4)CC3)CC2)N1. The first-order valence-electron chi connectivity index (χ1n) is 16.5. The largest absolute Gasteiger partial charge is 0.417 e. The Hall–Kier alpha value is -4.12. The van der Waals surface area contributed by atoms with E-state index >= 15 is 0 Å². The number of likely N-dealkylation sites (tertiary alicyclic amines) is 1. The van der Waals surface area contributed by atoms with E-state index in [1.54, 1.807) is 12.1 Å². The number of urea groups is 1. The number of aromatic nitrogens is 1. The van der Waals surface area contributed by atoms with E-state index in [2.05, 4.69) is 20.5 Å². The molecule has 1 aromatic heterocycles. The molecule has 1 aliphatic carbocycles. The molecule has 3 aromatic rings. The summed E-state index contributed by atoms with van der Waals surface area (Å²) in [7, 11) is 0. The maximum Gasteiger partial charge on any atom is 0.417 e. The van der Waals surface area contributed by atoms with Gasteiger partial charge in [0.15, 0.2) is 5.58 Å².